The molecule has 100 valence electrons. The van der Waals surface area contributed by atoms with Crippen molar-refractivity contribution in [2.45, 2.75) is 25.7 Å². The molecule has 0 heterocycles. The van der Waals surface area contributed by atoms with E-state index in [4.69, 9.17) is 0 Å². The minimum atomic E-state index is -0.250. The maximum absolute atomic E-state index is 13.1. The molecule has 0 spiro atoms. The Morgan fingerprint density at radius 3 is 2.60 bits per heavy atom. The van der Waals surface area contributed by atoms with Crippen molar-refractivity contribution >= 4 is 11.4 Å². The van der Waals surface area contributed by atoms with Gasteiger partial charge in [-0.15, -0.1) is 0 Å². The second-order valence-corrected chi connectivity index (χ2v) is 5.28. The fourth-order valence-electron chi connectivity index (χ4n) is 2.35. The van der Waals surface area contributed by atoms with Gasteiger partial charge in [0.25, 0.3) is 0 Å². The number of benzene rings is 2. The number of rotatable bonds is 3. The van der Waals surface area contributed by atoms with Crippen LogP contribution in [0.4, 0.5) is 15.8 Å². The van der Waals surface area contributed by atoms with E-state index in [1.165, 1.54) is 30.5 Å². The Labute approximate surface area is 117 Å². The summed E-state index contributed by atoms with van der Waals surface area (Å²) in [6.07, 6.45) is 2.45. The van der Waals surface area contributed by atoms with Crippen LogP contribution in [0, 0.1) is 24.1 Å². The molecule has 0 unspecified atom stereocenters. The number of nitriles is 1. The number of anilines is 2. The SMILES string of the molecule is Cc1cc(F)ccc1Nc1cc(C2CC2)ccc1C#N. The Balaban J connectivity index is 1.96. The van der Waals surface area contributed by atoms with Gasteiger partial charge in [-0.25, -0.2) is 4.39 Å². The van der Waals surface area contributed by atoms with Crippen LogP contribution in [0.5, 0.6) is 0 Å². The first-order valence-electron chi connectivity index (χ1n) is 6.74. The molecule has 2 aromatic rings. The molecule has 1 N–H and O–H groups in total. The van der Waals surface area contributed by atoms with Crippen LogP contribution in [0.2, 0.25) is 0 Å². The standard InChI is InChI=1S/C17H15FN2/c1-11-8-15(18)6-7-16(11)20-17-9-13(12-2-3-12)4-5-14(17)10-19/h4-9,12,20H,2-3H2,1H3. The average Bonchev–Trinajstić information content (AvgIpc) is 3.26. The number of aryl methyl sites for hydroxylation is 1. The molecule has 0 bridgehead atoms. The van der Waals surface area contributed by atoms with Crippen LogP contribution < -0.4 is 5.32 Å². The Hall–Kier alpha value is -2.34. The number of nitrogens with one attached hydrogen (secondary N) is 1. The summed E-state index contributed by atoms with van der Waals surface area (Å²) in [5, 5.41) is 12.5. The predicted molar refractivity (Wildman–Crippen MR) is 77.6 cm³/mol. The molecule has 0 atom stereocenters. The fraction of sp³-hybridized carbons (Fsp3) is 0.235. The molecule has 0 radical (unpaired) electrons. The van der Waals surface area contributed by atoms with Crippen LogP contribution >= 0.6 is 0 Å². The van der Waals surface area contributed by atoms with Crippen molar-refractivity contribution in [2.24, 2.45) is 0 Å². The van der Waals surface area contributed by atoms with Crippen LogP contribution in [0.1, 0.15) is 35.4 Å². The van der Waals surface area contributed by atoms with Gasteiger partial charge >= 0.3 is 0 Å². The van der Waals surface area contributed by atoms with Crippen molar-refractivity contribution in [3.05, 3.63) is 58.9 Å². The molecule has 0 saturated heterocycles. The number of hydrogen-bond acceptors (Lipinski definition) is 2. The highest BCUT2D eigenvalue weighted by Gasteiger charge is 2.24. The van der Waals surface area contributed by atoms with Crippen molar-refractivity contribution in [3.63, 3.8) is 0 Å². The van der Waals surface area contributed by atoms with Gasteiger partial charge in [0.1, 0.15) is 11.9 Å². The first-order chi connectivity index (χ1) is 9.67. The summed E-state index contributed by atoms with van der Waals surface area (Å²) in [5.74, 6) is 0.387. The van der Waals surface area contributed by atoms with Crippen molar-refractivity contribution in [3.8, 4) is 6.07 Å². The lowest BCUT2D eigenvalue weighted by Crippen LogP contribution is -1.97. The van der Waals surface area contributed by atoms with E-state index >= 15 is 0 Å². The lowest BCUT2D eigenvalue weighted by molar-refractivity contribution is 0.627. The van der Waals surface area contributed by atoms with E-state index in [-0.39, 0.29) is 5.82 Å². The van der Waals surface area contributed by atoms with Crippen LogP contribution in [0.15, 0.2) is 36.4 Å². The minimum absolute atomic E-state index is 0.250. The van der Waals surface area contributed by atoms with Crippen LogP contribution in [0.3, 0.4) is 0 Å². The van der Waals surface area contributed by atoms with E-state index in [0.29, 0.717) is 11.5 Å². The van der Waals surface area contributed by atoms with E-state index in [1.807, 2.05) is 25.1 Å². The zero-order valence-corrected chi connectivity index (χ0v) is 11.3. The summed E-state index contributed by atoms with van der Waals surface area (Å²) >= 11 is 0. The van der Waals surface area contributed by atoms with Crippen LogP contribution in [-0.4, -0.2) is 0 Å². The third-order valence-electron chi connectivity index (χ3n) is 3.67. The van der Waals surface area contributed by atoms with Crippen molar-refractivity contribution < 1.29 is 4.39 Å². The molecule has 20 heavy (non-hydrogen) atoms. The molecule has 0 amide bonds. The first-order valence-corrected chi connectivity index (χ1v) is 6.74. The molecule has 1 aliphatic carbocycles. The van der Waals surface area contributed by atoms with E-state index in [2.05, 4.69) is 11.4 Å². The number of nitrogens with zero attached hydrogens (tertiary/aromatic N) is 1. The highest BCUT2D eigenvalue weighted by Crippen LogP contribution is 2.41. The van der Waals surface area contributed by atoms with E-state index in [0.717, 1.165) is 16.9 Å². The topological polar surface area (TPSA) is 35.8 Å². The largest absolute Gasteiger partial charge is 0.354 e. The maximum Gasteiger partial charge on any atom is 0.123 e. The van der Waals surface area contributed by atoms with Crippen molar-refractivity contribution in [1.82, 2.24) is 0 Å². The summed E-state index contributed by atoms with van der Waals surface area (Å²) in [5.41, 5.74) is 4.33. The normalized spacial score (nSPS) is 13.8. The Morgan fingerprint density at radius 2 is 1.95 bits per heavy atom. The summed E-state index contributed by atoms with van der Waals surface area (Å²) in [7, 11) is 0. The van der Waals surface area contributed by atoms with Gasteiger partial charge in [0.15, 0.2) is 0 Å². The summed E-state index contributed by atoms with van der Waals surface area (Å²) in [6.45, 7) is 1.85. The maximum atomic E-state index is 13.1. The van der Waals surface area contributed by atoms with Crippen LogP contribution in [-0.2, 0) is 0 Å². The smallest absolute Gasteiger partial charge is 0.123 e. The minimum Gasteiger partial charge on any atom is -0.354 e. The summed E-state index contributed by atoms with van der Waals surface area (Å²) < 4.78 is 13.1. The molecule has 3 heteroatoms. The second-order valence-electron chi connectivity index (χ2n) is 5.28. The molecule has 0 aliphatic heterocycles. The third-order valence-corrected chi connectivity index (χ3v) is 3.67. The Kier molecular flexibility index (Phi) is 3.15. The zero-order valence-electron chi connectivity index (χ0n) is 11.3. The number of halogens is 1. The average molecular weight is 266 g/mol. The highest BCUT2D eigenvalue weighted by molar-refractivity contribution is 5.69. The molecule has 0 aromatic heterocycles. The Bertz CT molecular complexity index is 697. The van der Waals surface area contributed by atoms with Crippen LogP contribution in [0.25, 0.3) is 0 Å². The lowest BCUT2D eigenvalue weighted by atomic mass is 10.1. The van der Waals surface area contributed by atoms with Gasteiger partial charge in [-0.3, -0.25) is 0 Å². The first kappa shape index (κ1) is 12.7. The molecule has 1 fully saturated rings. The van der Waals surface area contributed by atoms with Crippen molar-refractivity contribution in [1.29, 1.82) is 5.26 Å². The third kappa shape index (κ3) is 2.50. The molecular weight excluding hydrogens is 251 g/mol. The van der Waals surface area contributed by atoms with Gasteiger partial charge in [-0.2, -0.15) is 5.26 Å². The second kappa shape index (κ2) is 4.97. The molecule has 3 rings (SSSR count). The summed E-state index contributed by atoms with van der Waals surface area (Å²) in [6, 6.07) is 12.7. The summed E-state index contributed by atoms with van der Waals surface area (Å²) in [4.78, 5) is 0. The number of hydrogen-bond donors (Lipinski definition) is 1. The quantitative estimate of drug-likeness (QED) is 0.879. The zero-order chi connectivity index (χ0) is 14.1. The van der Waals surface area contributed by atoms with Crippen molar-refractivity contribution in [2.75, 3.05) is 5.32 Å². The lowest BCUT2D eigenvalue weighted by Gasteiger charge is -2.12. The fourth-order valence-corrected chi connectivity index (χ4v) is 2.35. The molecule has 2 nitrogen and oxygen atoms in total. The molecular formula is C17H15FN2. The van der Waals surface area contributed by atoms with Gasteiger partial charge in [-0.05, 0) is 67.1 Å². The van der Waals surface area contributed by atoms with E-state index in [1.54, 1.807) is 6.07 Å². The predicted octanol–water partition coefficient (Wildman–Crippen LogP) is 4.63. The monoisotopic (exact) mass is 266 g/mol. The van der Waals surface area contributed by atoms with E-state index < -0.39 is 0 Å². The van der Waals surface area contributed by atoms with Gasteiger partial charge in [-0.1, -0.05) is 6.07 Å². The molecule has 1 aliphatic rings. The molecule has 2 aromatic carbocycles. The molecule has 1 saturated carbocycles. The van der Waals surface area contributed by atoms with Gasteiger partial charge in [0.2, 0.25) is 0 Å². The Morgan fingerprint density at radius 1 is 1.15 bits per heavy atom. The van der Waals surface area contributed by atoms with Gasteiger partial charge in [0.05, 0.1) is 11.3 Å². The van der Waals surface area contributed by atoms with Gasteiger partial charge < -0.3 is 5.32 Å². The highest BCUT2D eigenvalue weighted by atomic mass is 19.1. The van der Waals surface area contributed by atoms with Gasteiger partial charge in [0, 0.05) is 5.69 Å². The van der Waals surface area contributed by atoms with E-state index in [9.17, 15) is 9.65 Å².